The Hall–Kier alpha value is -2.14. The molecule has 2 aromatic rings. The lowest BCUT2D eigenvalue weighted by molar-refractivity contribution is 0.0702. The molecular weight excluding hydrogens is 274 g/mol. The summed E-state index contributed by atoms with van der Waals surface area (Å²) >= 11 is 1.02. The van der Waals surface area contributed by atoms with Crippen molar-refractivity contribution in [1.82, 2.24) is 0 Å². The van der Waals surface area contributed by atoms with Gasteiger partial charge in [0, 0.05) is 11.7 Å². The van der Waals surface area contributed by atoms with Crippen LogP contribution in [0.4, 0.5) is 5.69 Å². The second kappa shape index (κ2) is 4.76. The fourth-order valence-electron chi connectivity index (χ4n) is 2.56. The minimum absolute atomic E-state index is 0.0929. The summed E-state index contributed by atoms with van der Waals surface area (Å²) in [5, 5.41) is 8.94. The molecular formula is C15H13NO3S. The summed E-state index contributed by atoms with van der Waals surface area (Å²) in [6.07, 6.45) is 0.832. The van der Waals surface area contributed by atoms with E-state index >= 15 is 0 Å². The minimum Gasteiger partial charge on any atom is -0.477 e. The maximum atomic E-state index is 12.6. The van der Waals surface area contributed by atoms with Gasteiger partial charge in [-0.3, -0.25) is 4.79 Å². The molecule has 0 unspecified atom stereocenters. The van der Waals surface area contributed by atoms with Crippen LogP contribution in [0.2, 0.25) is 0 Å². The number of benzene rings is 1. The van der Waals surface area contributed by atoms with Crippen LogP contribution >= 0.6 is 11.3 Å². The first-order valence-electron chi connectivity index (χ1n) is 6.32. The maximum Gasteiger partial charge on any atom is 0.345 e. The van der Waals surface area contributed by atoms with Crippen LogP contribution in [0.25, 0.3) is 0 Å². The largest absolute Gasteiger partial charge is 0.477 e. The van der Waals surface area contributed by atoms with Crippen molar-refractivity contribution in [3.8, 4) is 0 Å². The van der Waals surface area contributed by atoms with Gasteiger partial charge in [-0.05, 0) is 37.1 Å². The third-order valence-corrected chi connectivity index (χ3v) is 4.51. The van der Waals surface area contributed by atoms with Gasteiger partial charge in [-0.1, -0.05) is 18.2 Å². The summed E-state index contributed by atoms with van der Waals surface area (Å²) in [5.41, 5.74) is 2.08. The van der Waals surface area contributed by atoms with E-state index in [1.165, 1.54) is 6.07 Å². The van der Waals surface area contributed by atoms with Gasteiger partial charge in [-0.15, -0.1) is 11.3 Å². The smallest absolute Gasteiger partial charge is 0.345 e. The molecule has 2 heterocycles. The Labute approximate surface area is 120 Å². The predicted molar refractivity (Wildman–Crippen MR) is 77.7 cm³/mol. The van der Waals surface area contributed by atoms with E-state index in [1.807, 2.05) is 31.2 Å². The minimum atomic E-state index is -0.996. The number of carboxylic acid groups (broad SMARTS) is 1. The van der Waals surface area contributed by atoms with Crippen molar-refractivity contribution >= 4 is 28.9 Å². The molecule has 1 aliphatic heterocycles. The van der Waals surface area contributed by atoms with Gasteiger partial charge in [0.15, 0.2) is 0 Å². The van der Waals surface area contributed by atoms with Crippen molar-refractivity contribution in [3.63, 3.8) is 0 Å². The highest BCUT2D eigenvalue weighted by Crippen LogP contribution is 2.34. The molecule has 3 rings (SSSR count). The zero-order chi connectivity index (χ0) is 14.3. The summed E-state index contributed by atoms with van der Waals surface area (Å²) in [7, 11) is 0. The number of fused-ring (bicyclic) bond motifs is 1. The number of nitrogens with zero attached hydrogens (tertiary/aromatic N) is 1. The molecule has 0 radical (unpaired) electrons. The molecule has 1 atom stereocenters. The van der Waals surface area contributed by atoms with Crippen molar-refractivity contribution < 1.29 is 14.7 Å². The molecule has 0 saturated heterocycles. The van der Waals surface area contributed by atoms with Crippen LogP contribution in [0.3, 0.4) is 0 Å². The van der Waals surface area contributed by atoms with Crippen LogP contribution in [-0.4, -0.2) is 23.0 Å². The van der Waals surface area contributed by atoms with Gasteiger partial charge in [0.2, 0.25) is 0 Å². The van der Waals surface area contributed by atoms with Gasteiger partial charge in [0.05, 0.1) is 4.88 Å². The summed E-state index contributed by atoms with van der Waals surface area (Å²) in [4.78, 5) is 25.9. The van der Waals surface area contributed by atoms with Crippen molar-refractivity contribution in [2.75, 3.05) is 4.90 Å². The van der Waals surface area contributed by atoms with Gasteiger partial charge < -0.3 is 10.0 Å². The summed E-state index contributed by atoms with van der Waals surface area (Å²) in [6.45, 7) is 2.00. The molecule has 4 nitrogen and oxygen atoms in total. The number of carboxylic acids is 1. The van der Waals surface area contributed by atoms with Crippen LogP contribution in [-0.2, 0) is 6.42 Å². The molecule has 1 aliphatic rings. The Morgan fingerprint density at radius 2 is 1.90 bits per heavy atom. The summed E-state index contributed by atoms with van der Waals surface area (Å²) in [5.74, 6) is -1.12. The van der Waals surface area contributed by atoms with Crippen LogP contribution in [0.1, 0.15) is 31.8 Å². The number of amides is 1. The molecule has 1 aromatic heterocycles. The molecule has 0 bridgehead atoms. The van der Waals surface area contributed by atoms with Gasteiger partial charge in [0.1, 0.15) is 4.88 Å². The van der Waals surface area contributed by atoms with E-state index in [1.54, 1.807) is 11.0 Å². The molecule has 1 amide bonds. The third kappa shape index (κ3) is 2.00. The molecule has 0 fully saturated rings. The SMILES string of the molecule is C[C@@H]1Cc2ccccc2N1C(=O)c1ccc(C(=O)O)s1. The number of anilines is 1. The van der Waals surface area contributed by atoms with Gasteiger partial charge in [0.25, 0.3) is 5.91 Å². The van der Waals surface area contributed by atoms with E-state index in [9.17, 15) is 9.59 Å². The Bertz CT molecular complexity index is 692. The van der Waals surface area contributed by atoms with Crippen molar-refractivity contribution in [1.29, 1.82) is 0 Å². The van der Waals surface area contributed by atoms with Crippen LogP contribution in [0.5, 0.6) is 0 Å². The monoisotopic (exact) mass is 287 g/mol. The lowest BCUT2D eigenvalue weighted by atomic mass is 10.1. The Morgan fingerprint density at radius 3 is 2.60 bits per heavy atom. The fourth-order valence-corrected chi connectivity index (χ4v) is 3.34. The number of para-hydroxylation sites is 1. The van der Waals surface area contributed by atoms with Crippen molar-refractivity contribution in [2.24, 2.45) is 0 Å². The number of aromatic carboxylic acids is 1. The average Bonchev–Trinajstić information content (AvgIpc) is 3.01. The second-order valence-electron chi connectivity index (χ2n) is 4.83. The number of hydrogen-bond donors (Lipinski definition) is 1. The molecule has 0 spiro atoms. The first-order chi connectivity index (χ1) is 9.58. The molecule has 1 N–H and O–H groups in total. The highest BCUT2D eigenvalue weighted by molar-refractivity contribution is 7.16. The van der Waals surface area contributed by atoms with E-state index in [0.717, 1.165) is 29.0 Å². The number of hydrogen-bond acceptors (Lipinski definition) is 3. The first kappa shape index (κ1) is 12.9. The molecule has 102 valence electrons. The quantitative estimate of drug-likeness (QED) is 0.923. The standard InChI is InChI=1S/C15H13NO3S/c1-9-8-10-4-2-3-5-11(10)16(9)14(17)12-6-7-13(20-12)15(18)19/h2-7,9H,8H2,1H3,(H,18,19)/t9-/m1/s1. The van der Waals surface area contributed by atoms with Crippen molar-refractivity contribution in [2.45, 2.75) is 19.4 Å². The molecule has 0 aliphatic carbocycles. The van der Waals surface area contributed by atoms with E-state index < -0.39 is 5.97 Å². The molecule has 20 heavy (non-hydrogen) atoms. The Kier molecular flexibility index (Phi) is 3.06. The van der Waals surface area contributed by atoms with Crippen molar-refractivity contribution in [3.05, 3.63) is 51.7 Å². The van der Waals surface area contributed by atoms with E-state index in [4.69, 9.17) is 5.11 Å². The Balaban J connectivity index is 1.96. The zero-order valence-corrected chi connectivity index (χ0v) is 11.7. The normalized spacial score (nSPS) is 17.1. The predicted octanol–water partition coefficient (Wildman–Crippen LogP) is 3.04. The molecule has 0 saturated carbocycles. The molecule has 1 aromatic carbocycles. The lowest BCUT2D eigenvalue weighted by Crippen LogP contribution is -2.35. The zero-order valence-electron chi connectivity index (χ0n) is 10.9. The highest BCUT2D eigenvalue weighted by atomic mass is 32.1. The third-order valence-electron chi connectivity index (χ3n) is 3.45. The number of carbonyl (C=O) groups excluding carboxylic acids is 1. The Morgan fingerprint density at radius 1 is 1.20 bits per heavy atom. The van der Waals surface area contributed by atoms with Gasteiger partial charge in [-0.25, -0.2) is 4.79 Å². The fraction of sp³-hybridized carbons (Fsp3) is 0.200. The summed E-state index contributed by atoms with van der Waals surface area (Å²) < 4.78 is 0. The van der Waals surface area contributed by atoms with E-state index in [-0.39, 0.29) is 16.8 Å². The maximum absolute atomic E-state index is 12.6. The lowest BCUT2D eigenvalue weighted by Gasteiger charge is -2.21. The molecule has 5 heteroatoms. The van der Waals surface area contributed by atoms with Crippen LogP contribution < -0.4 is 4.90 Å². The van der Waals surface area contributed by atoms with Crippen LogP contribution in [0.15, 0.2) is 36.4 Å². The topological polar surface area (TPSA) is 57.6 Å². The average molecular weight is 287 g/mol. The van der Waals surface area contributed by atoms with Gasteiger partial charge >= 0.3 is 5.97 Å². The van der Waals surface area contributed by atoms with Crippen LogP contribution in [0, 0.1) is 0 Å². The summed E-state index contributed by atoms with van der Waals surface area (Å²) in [6, 6.07) is 11.0. The van der Waals surface area contributed by atoms with E-state index in [0.29, 0.717) is 4.88 Å². The number of rotatable bonds is 2. The number of carbonyl (C=O) groups is 2. The van der Waals surface area contributed by atoms with E-state index in [2.05, 4.69) is 0 Å². The number of thiophene rings is 1. The highest BCUT2D eigenvalue weighted by Gasteiger charge is 2.32. The van der Waals surface area contributed by atoms with Gasteiger partial charge in [-0.2, -0.15) is 0 Å². The second-order valence-corrected chi connectivity index (χ2v) is 5.91. The first-order valence-corrected chi connectivity index (χ1v) is 7.14.